The minimum Gasteiger partial charge on any atom is -0.380 e. The van der Waals surface area contributed by atoms with Crippen LogP contribution in [-0.4, -0.2) is 67.2 Å². The van der Waals surface area contributed by atoms with Gasteiger partial charge in [0, 0.05) is 55.1 Å². The summed E-state index contributed by atoms with van der Waals surface area (Å²) in [5.41, 5.74) is 2.00. The van der Waals surface area contributed by atoms with E-state index in [1.165, 1.54) is 0 Å². The van der Waals surface area contributed by atoms with Gasteiger partial charge in [-0.3, -0.25) is 4.79 Å². The number of amides is 1. The van der Waals surface area contributed by atoms with E-state index in [9.17, 15) is 4.79 Å². The fraction of sp³-hybridized carbons (Fsp3) is 0.526. The summed E-state index contributed by atoms with van der Waals surface area (Å²) in [4.78, 5) is 17.4. The van der Waals surface area contributed by atoms with Crippen LogP contribution in [-0.2, 0) is 11.8 Å². The fourth-order valence-corrected chi connectivity index (χ4v) is 4.52. The van der Waals surface area contributed by atoms with Gasteiger partial charge in [0.2, 0.25) is 0 Å². The van der Waals surface area contributed by atoms with E-state index in [1.54, 1.807) is 0 Å². The van der Waals surface area contributed by atoms with E-state index >= 15 is 0 Å². The van der Waals surface area contributed by atoms with E-state index in [4.69, 9.17) is 4.74 Å². The second-order valence-corrected chi connectivity index (χ2v) is 7.67. The Morgan fingerprint density at radius 2 is 2.17 bits per heavy atom. The average molecular weight is 327 g/mol. The number of carbonyl (C=O) groups excluding carboxylic acids is 1. The number of hydrogen-bond acceptors (Lipinski definition) is 3. The quantitative estimate of drug-likeness (QED) is 0.863. The molecule has 2 atom stereocenters. The van der Waals surface area contributed by atoms with Gasteiger partial charge in [-0.15, -0.1) is 0 Å². The highest BCUT2D eigenvalue weighted by Gasteiger charge is 2.52. The Morgan fingerprint density at radius 1 is 1.38 bits per heavy atom. The zero-order valence-electron chi connectivity index (χ0n) is 14.7. The van der Waals surface area contributed by atoms with Crippen LogP contribution in [0.5, 0.6) is 0 Å². The van der Waals surface area contributed by atoms with Crippen molar-refractivity contribution in [3.8, 4) is 0 Å². The van der Waals surface area contributed by atoms with E-state index in [2.05, 4.69) is 25.1 Å². The molecule has 5 heteroatoms. The van der Waals surface area contributed by atoms with Crippen molar-refractivity contribution >= 4 is 16.8 Å². The van der Waals surface area contributed by atoms with Gasteiger partial charge in [-0.25, -0.2) is 0 Å². The zero-order valence-corrected chi connectivity index (χ0v) is 14.7. The molecule has 0 bridgehead atoms. The molecule has 2 saturated heterocycles. The van der Waals surface area contributed by atoms with Crippen molar-refractivity contribution in [2.75, 3.05) is 46.9 Å². The summed E-state index contributed by atoms with van der Waals surface area (Å²) in [7, 11) is 6.19. The third-order valence-corrected chi connectivity index (χ3v) is 5.57. The number of aromatic nitrogens is 1. The standard InChI is InChI=1S/C19H25N3O2/c1-20(2)11-19-12-22(8-14(19)10-24-13-19)18(23)16-9-21(3)17-7-5-4-6-15(16)17/h4-7,9,14H,8,10-13H2,1-3H3/t14-,19+/m0/s1. The Kier molecular flexibility index (Phi) is 3.66. The van der Waals surface area contributed by atoms with Crippen molar-refractivity contribution in [3.05, 3.63) is 36.0 Å². The van der Waals surface area contributed by atoms with Gasteiger partial charge in [0.1, 0.15) is 0 Å². The molecular formula is C19H25N3O2. The van der Waals surface area contributed by atoms with E-state index in [0.29, 0.717) is 5.92 Å². The van der Waals surface area contributed by atoms with Crippen LogP contribution >= 0.6 is 0 Å². The molecule has 0 saturated carbocycles. The maximum Gasteiger partial charge on any atom is 0.256 e. The largest absolute Gasteiger partial charge is 0.380 e. The van der Waals surface area contributed by atoms with Crippen LogP contribution in [0.3, 0.4) is 0 Å². The van der Waals surface area contributed by atoms with Gasteiger partial charge in [0.15, 0.2) is 0 Å². The number of carbonyl (C=O) groups is 1. The molecule has 4 rings (SSSR count). The second kappa shape index (κ2) is 5.60. The molecule has 0 unspecified atom stereocenters. The molecule has 2 aliphatic rings. The molecule has 3 heterocycles. The summed E-state index contributed by atoms with van der Waals surface area (Å²) < 4.78 is 7.79. The first-order valence-electron chi connectivity index (χ1n) is 8.56. The van der Waals surface area contributed by atoms with E-state index < -0.39 is 0 Å². The average Bonchev–Trinajstić information content (AvgIpc) is 3.17. The number of ether oxygens (including phenoxy) is 1. The molecule has 1 amide bonds. The van der Waals surface area contributed by atoms with Crippen molar-refractivity contribution < 1.29 is 9.53 Å². The third-order valence-electron chi connectivity index (χ3n) is 5.57. The molecule has 128 valence electrons. The van der Waals surface area contributed by atoms with Crippen LogP contribution < -0.4 is 0 Å². The maximum absolute atomic E-state index is 13.2. The molecule has 24 heavy (non-hydrogen) atoms. The lowest BCUT2D eigenvalue weighted by atomic mass is 9.81. The number of para-hydroxylation sites is 1. The van der Waals surface area contributed by atoms with E-state index in [-0.39, 0.29) is 11.3 Å². The molecule has 2 aromatic rings. The van der Waals surface area contributed by atoms with Gasteiger partial charge >= 0.3 is 0 Å². The highest BCUT2D eigenvalue weighted by Crippen LogP contribution is 2.42. The third kappa shape index (κ3) is 2.34. The van der Waals surface area contributed by atoms with Crippen molar-refractivity contribution in [2.24, 2.45) is 18.4 Å². The van der Waals surface area contributed by atoms with Crippen LogP contribution in [0.4, 0.5) is 0 Å². The predicted octanol–water partition coefficient (Wildman–Crippen LogP) is 1.83. The molecule has 1 aromatic heterocycles. The number of likely N-dealkylation sites (tertiary alicyclic amines) is 1. The minimum absolute atomic E-state index is 0.0870. The lowest BCUT2D eigenvalue weighted by molar-refractivity contribution is 0.0698. The van der Waals surface area contributed by atoms with Crippen LogP contribution in [0.15, 0.2) is 30.5 Å². The summed E-state index contributed by atoms with van der Waals surface area (Å²) in [6, 6.07) is 8.11. The Balaban J connectivity index is 1.64. The smallest absolute Gasteiger partial charge is 0.256 e. The summed E-state index contributed by atoms with van der Waals surface area (Å²) in [5, 5.41) is 1.04. The Bertz CT molecular complexity index is 782. The Labute approximate surface area is 142 Å². The lowest BCUT2D eigenvalue weighted by Crippen LogP contribution is -2.41. The number of rotatable bonds is 3. The number of aryl methyl sites for hydroxylation is 1. The van der Waals surface area contributed by atoms with Crippen molar-refractivity contribution in [3.63, 3.8) is 0 Å². The maximum atomic E-state index is 13.2. The fourth-order valence-electron chi connectivity index (χ4n) is 4.52. The number of benzene rings is 1. The first-order valence-corrected chi connectivity index (χ1v) is 8.56. The van der Waals surface area contributed by atoms with Crippen molar-refractivity contribution in [1.29, 1.82) is 0 Å². The van der Waals surface area contributed by atoms with Gasteiger partial charge in [0.05, 0.1) is 18.8 Å². The van der Waals surface area contributed by atoms with Crippen LogP contribution in [0, 0.1) is 11.3 Å². The van der Waals surface area contributed by atoms with Gasteiger partial charge in [-0.1, -0.05) is 18.2 Å². The van der Waals surface area contributed by atoms with Gasteiger partial charge < -0.3 is 19.1 Å². The molecule has 0 radical (unpaired) electrons. The van der Waals surface area contributed by atoms with Crippen molar-refractivity contribution in [2.45, 2.75) is 0 Å². The highest BCUT2D eigenvalue weighted by atomic mass is 16.5. The van der Waals surface area contributed by atoms with Crippen LogP contribution in [0.1, 0.15) is 10.4 Å². The summed E-state index contributed by atoms with van der Waals surface area (Å²) in [6.07, 6.45) is 1.97. The molecule has 0 spiro atoms. The van der Waals surface area contributed by atoms with Gasteiger partial charge in [-0.2, -0.15) is 0 Å². The summed E-state index contributed by atoms with van der Waals surface area (Å²) in [5.74, 6) is 0.596. The molecule has 0 aliphatic carbocycles. The monoisotopic (exact) mass is 327 g/mol. The van der Waals surface area contributed by atoms with Crippen molar-refractivity contribution in [1.82, 2.24) is 14.4 Å². The number of hydrogen-bond donors (Lipinski definition) is 0. The van der Waals surface area contributed by atoms with E-state index in [0.717, 1.165) is 49.3 Å². The minimum atomic E-state index is 0.0870. The second-order valence-electron chi connectivity index (χ2n) is 7.67. The van der Waals surface area contributed by atoms with Crippen LogP contribution in [0.2, 0.25) is 0 Å². The molecule has 2 aliphatic heterocycles. The Morgan fingerprint density at radius 3 is 2.96 bits per heavy atom. The highest BCUT2D eigenvalue weighted by molar-refractivity contribution is 6.07. The zero-order chi connectivity index (χ0) is 16.9. The van der Waals surface area contributed by atoms with E-state index in [1.807, 2.05) is 40.9 Å². The first kappa shape index (κ1) is 15.7. The summed E-state index contributed by atoms with van der Waals surface area (Å²) >= 11 is 0. The number of nitrogens with zero attached hydrogens (tertiary/aromatic N) is 3. The Hall–Kier alpha value is -1.85. The number of fused-ring (bicyclic) bond motifs is 2. The molecule has 1 aromatic carbocycles. The normalized spacial score (nSPS) is 26.5. The van der Waals surface area contributed by atoms with Crippen LogP contribution in [0.25, 0.3) is 10.9 Å². The van der Waals surface area contributed by atoms with Gasteiger partial charge in [0.25, 0.3) is 5.91 Å². The van der Waals surface area contributed by atoms with Gasteiger partial charge in [-0.05, 0) is 20.2 Å². The SMILES string of the molecule is CN(C)C[C@@]12COC[C@@H]1CN(C(=O)c1cn(C)c3ccccc13)C2. The summed E-state index contributed by atoms with van der Waals surface area (Å²) in [6.45, 7) is 4.09. The predicted molar refractivity (Wildman–Crippen MR) is 94.1 cm³/mol. The first-order chi connectivity index (χ1) is 11.5. The molecule has 5 nitrogen and oxygen atoms in total. The molecule has 2 fully saturated rings. The topological polar surface area (TPSA) is 37.7 Å². The lowest BCUT2D eigenvalue weighted by Gasteiger charge is -2.30. The molecule has 0 N–H and O–H groups in total. The molecular weight excluding hydrogens is 302 g/mol.